The number of H-pyrrole nitrogens is 1. The standard InChI is InChI=1S/C13H16N6O/c1-2-6-19(10-7-15-16-8-10)9-17-18-11(13(14)20)4-3-5-12(18)19/h3-5,7-8,11H,2,6H2,1H3,(H2,14,20)(H,15,16)/q+1. The molecule has 0 aromatic carbocycles. The lowest BCUT2D eigenvalue weighted by Gasteiger charge is -2.32. The van der Waals surface area contributed by atoms with Crippen LogP contribution in [0.15, 0.2) is 41.5 Å². The molecule has 2 unspecified atom stereocenters. The second-order valence-corrected chi connectivity index (χ2v) is 4.79. The van der Waals surface area contributed by atoms with Gasteiger partial charge in [-0.2, -0.15) is 14.6 Å². The molecule has 1 radical (unpaired) electrons. The molecule has 20 heavy (non-hydrogen) atoms. The summed E-state index contributed by atoms with van der Waals surface area (Å²) in [5, 5.41) is 12.7. The summed E-state index contributed by atoms with van der Waals surface area (Å²) in [7, 11) is 0. The molecular weight excluding hydrogens is 256 g/mol. The normalized spacial score (nSPS) is 27.6. The largest absolute Gasteiger partial charge is 0.368 e. The number of nitrogens with two attached hydrogens (primary N) is 1. The Balaban J connectivity index is 2.07. The quantitative estimate of drug-likeness (QED) is 0.784. The predicted octanol–water partition coefficient (Wildman–Crippen LogP) is 0.528. The van der Waals surface area contributed by atoms with Crippen molar-refractivity contribution in [1.82, 2.24) is 19.7 Å². The second-order valence-electron chi connectivity index (χ2n) is 4.79. The van der Waals surface area contributed by atoms with E-state index >= 15 is 0 Å². The van der Waals surface area contributed by atoms with E-state index in [1.54, 1.807) is 17.3 Å². The van der Waals surface area contributed by atoms with Gasteiger partial charge in [0.15, 0.2) is 11.7 Å². The highest BCUT2D eigenvalue weighted by Gasteiger charge is 2.48. The Morgan fingerprint density at radius 3 is 3.15 bits per heavy atom. The minimum atomic E-state index is -0.564. The number of aromatic amines is 1. The summed E-state index contributed by atoms with van der Waals surface area (Å²) in [6.45, 7) is 2.87. The number of nitrogens with one attached hydrogen (secondary N) is 1. The number of primary amides is 1. The van der Waals surface area contributed by atoms with Crippen LogP contribution in [0.5, 0.6) is 0 Å². The number of allylic oxidation sites excluding steroid dienone is 2. The molecule has 0 fully saturated rings. The predicted molar refractivity (Wildman–Crippen MR) is 75.0 cm³/mol. The van der Waals surface area contributed by atoms with Gasteiger partial charge in [-0.05, 0) is 6.42 Å². The Morgan fingerprint density at radius 2 is 2.50 bits per heavy atom. The van der Waals surface area contributed by atoms with Crippen molar-refractivity contribution in [2.24, 2.45) is 10.8 Å². The number of fused-ring (bicyclic) bond motifs is 1. The Hall–Kier alpha value is -2.41. The van der Waals surface area contributed by atoms with E-state index in [1.165, 1.54) is 0 Å². The minimum Gasteiger partial charge on any atom is -0.368 e. The van der Waals surface area contributed by atoms with Crippen LogP contribution in [0.2, 0.25) is 0 Å². The maximum Gasteiger partial charge on any atom is 0.342 e. The number of nitrogens with zero attached hydrogens (tertiary/aromatic N) is 4. The monoisotopic (exact) mass is 272 g/mol. The highest BCUT2D eigenvalue weighted by molar-refractivity contribution is 5.86. The molecule has 1 amide bonds. The number of carbonyl (C=O) groups is 1. The average molecular weight is 272 g/mol. The molecule has 2 atom stereocenters. The van der Waals surface area contributed by atoms with Gasteiger partial charge in [-0.3, -0.25) is 9.89 Å². The van der Waals surface area contributed by atoms with E-state index in [-0.39, 0.29) is 0 Å². The number of rotatable bonds is 4. The fraction of sp³-hybridized carbons (Fsp3) is 0.308. The maximum atomic E-state index is 11.5. The molecule has 1 aromatic heterocycles. The molecule has 0 aliphatic carbocycles. The Morgan fingerprint density at radius 1 is 1.65 bits per heavy atom. The summed E-state index contributed by atoms with van der Waals surface area (Å²) in [6.07, 6.45) is 13.1. The Bertz CT molecular complexity index is 602. The molecule has 0 saturated carbocycles. The SMILES string of the molecule is CCC[N+]1(c2cn[nH]c2)[C]=NN2C1=CC=CC2C(N)=O. The summed E-state index contributed by atoms with van der Waals surface area (Å²) in [4.78, 5) is 11.5. The third-order valence-electron chi connectivity index (χ3n) is 3.53. The van der Waals surface area contributed by atoms with Gasteiger partial charge >= 0.3 is 6.34 Å². The van der Waals surface area contributed by atoms with Crippen LogP contribution in [-0.4, -0.2) is 40.0 Å². The van der Waals surface area contributed by atoms with Crippen LogP contribution in [0.25, 0.3) is 0 Å². The van der Waals surface area contributed by atoms with Crippen LogP contribution in [-0.2, 0) is 4.79 Å². The van der Waals surface area contributed by atoms with E-state index in [0.717, 1.165) is 24.5 Å². The number of amides is 1. The summed E-state index contributed by atoms with van der Waals surface area (Å²) in [5.41, 5.74) is 6.37. The highest BCUT2D eigenvalue weighted by atomic mass is 16.1. The first-order valence-corrected chi connectivity index (χ1v) is 6.52. The maximum absolute atomic E-state index is 11.5. The van der Waals surface area contributed by atoms with Gasteiger partial charge in [-0.25, -0.2) is 0 Å². The van der Waals surface area contributed by atoms with Crippen LogP contribution < -0.4 is 10.2 Å². The van der Waals surface area contributed by atoms with Gasteiger partial charge in [-0.1, -0.05) is 19.1 Å². The molecule has 2 aliphatic rings. The van der Waals surface area contributed by atoms with Crippen molar-refractivity contribution in [3.8, 4) is 0 Å². The first-order chi connectivity index (χ1) is 9.69. The number of hydrogen-bond donors (Lipinski definition) is 2. The zero-order valence-electron chi connectivity index (χ0n) is 11.2. The van der Waals surface area contributed by atoms with Crippen molar-refractivity contribution < 1.29 is 4.79 Å². The number of carbonyl (C=O) groups excluding carboxylic acids is 1. The molecule has 103 valence electrons. The molecule has 2 aliphatic heterocycles. The minimum absolute atomic E-state index is 0.321. The lowest BCUT2D eigenvalue weighted by molar-refractivity contribution is -0.121. The molecule has 0 saturated heterocycles. The molecule has 3 rings (SSSR count). The zero-order valence-corrected chi connectivity index (χ0v) is 11.2. The number of hydrogen-bond acceptors (Lipinski definition) is 4. The first-order valence-electron chi connectivity index (χ1n) is 6.52. The molecular formula is C13H16N6O+. The van der Waals surface area contributed by atoms with Crippen molar-refractivity contribution >= 4 is 17.9 Å². The zero-order chi connectivity index (χ0) is 14.2. The van der Waals surface area contributed by atoms with Crippen molar-refractivity contribution in [2.45, 2.75) is 19.4 Å². The van der Waals surface area contributed by atoms with Gasteiger partial charge in [0.1, 0.15) is 6.20 Å². The van der Waals surface area contributed by atoms with Crippen molar-refractivity contribution in [3.63, 3.8) is 0 Å². The Kier molecular flexibility index (Phi) is 2.90. The molecule has 7 nitrogen and oxygen atoms in total. The van der Waals surface area contributed by atoms with Crippen molar-refractivity contribution in [1.29, 1.82) is 0 Å². The van der Waals surface area contributed by atoms with E-state index in [0.29, 0.717) is 4.48 Å². The number of hydrazone groups is 1. The molecule has 1 aromatic rings. The molecule has 0 spiro atoms. The van der Waals surface area contributed by atoms with E-state index in [2.05, 4.69) is 28.6 Å². The van der Waals surface area contributed by atoms with Crippen LogP contribution in [0, 0.1) is 0 Å². The number of aromatic nitrogens is 2. The Labute approximate surface area is 116 Å². The van der Waals surface area contributed by atoms with Crippen molar-refractivity contribution in [2.75, 3.05) is 6.54 Å². The summed E-state index contributed by atoms with van der Waals surface area (Å²) in [6, 6.07) is -0.564. The molecule has 7 heteroatoms. The lowest BCUT2D eigenvalue weighted by atomic mass is 10.1. The van der Waals surface area contributed by atoms with Crippen LogP contribution in [0.3, 0.4) is 0 Å². The fourth-order valence-electron chi connectivity index (χ4n) is 2.63. The third kappa shape index (κ3) is 1.67. The third-order valence-corrected chi connectivity index (χ3v) is 3.53. The number of quaternary nitrogens is 1. The van der Waals surface area contributed by atoms with Crippen LogP contribution in [0.4, 0.5) is 5.69 Å². The lowest BCUT2D eigenvalue weighted by Crippen LogP contribution is -2.51. The summed E-state index contributed by atoms with van der Waals surface area (Å²) in [5.74, 6) is 0.431. The van der Waals surface area contributed by atoms with Gasteiger partial charge in [0.25, 0.3) is 0 Å². The van der Waals surface area contributed by atoms with E-state index < -0.39 is 11.9 Å². The topological polar surface area (TPSA) is 87.4 Å². The van der Waals surface area contributed by atoms with Gasteiger partial charge < -0.3 is 5.73 Å². The summed E-state index contributed by atoms with van der Waals surface area (Å²) >= 11 is 0. The van der Waals surface area contributed by atoms with E-state index in [9.17, 15) is 4.79 Å². The van der Waals surface area contributed by atoms with Gasteiger partial charge in [0.05, 0.1) is 12.7 Å². The highest BCUT2D eigenvalue weighted by Crippen LogP contribution is 2.36. The van der Waals surface area contributed by atoms with Crippen LogP contribution in [0.1, 0.15) is 13.3 Å². The fourth-order valence-corrected chi connectivity index (χ4v) is 2.63. The van der Waals surface area contributed by atoms with E-state index in [4.69, 9.17) is 5.73 Å². The molecule has 0 bridgehead atoms. The molecule has 3 N–H and O–H groups in total. The average Bonchev–Trinajstić information content (AvgIpc) is 3.07. The molecule has 3 heterocycles. The first kappa shape index (κ1) is 12.6. The van der Waals surface area contributed by atoms with E-state index in [1.807, 2.05) is 18.3 Å². The van der Waals surface area contributed by atoms with Crippen molar-refractivity contribution in [3.05, 3.63) is 36.4 Å². The van der Waals surface area contributed by atoms with Gasteiger partial charge in [0, 0.05) is 6.08 Å². The smallest absolute Gasteiger partial charge is 0.342 e. The second kappa shape index (κ2) is 4.61. The van der Waals surface area contributed by atoms with Crippen LogP contribution >= 0.6 is 0 Å². The van der Waals surface area contributed by atoms with Gasteiger partial charge in [0.2, 0.25) is 11.7 Å². The summed E-state index contributed by atoms with van der Waals surface area (Å²) < 4.78 is 0.321. The van der Waals surface area contributed by atoms with Gasteiger partial charge in [-0.15, -0.1) is 5.10 Å².